The number of methoxy groups -OCH3 is 1. The molecule has 0 amide bonds. The fourth-order valence-corrected chi connectivity index (χ4v) is 5.29. The van der Waals surface area contributed by atoms with Crippen LogP contribution in [0.1, 0.15) is 52.4 Å². The van der Waals surface area contributed by atoms with Crippen LogP contribution in [0.2, 0.25) is 0 Å². The SMILES string of the molecule is COc1cc(C)c2[nH]ccc(=O)c2c1CN1CCCCC1c1ccc(C(=O)O)c2cccnc12. The van der Waals surface area contributed by atoms with Crippen LogP contribution in [-0.4, -0.2) is 39.6 Å². The molecule has 34 heavy (non-hydrogen) atoms. The van der Waals surface area contributed by atoms with Gasteiger partial charge >= 0.3 is 5.97 Å². The molecular formula is C27H27N3O4. The summed E-state index contributed by atoms with van der Waals surface area (Å²) in [5.74, 6) is -0.254. The molecule has 0 bridgehead atoms. The summed E-state index contributed by atoms with van der Waals surface area (Å²) in [6.07, 6.45) is 6.45. The van der Waals surface area contributed by atoms with Crippen LogP contribution in [0.4, 0.5) is 0 Å². The van der Waals surface area contributed by atoms with Crippen molar-refractivity contribution in [2.75, 3.05) is 13.7 Å². The number of hydrogen-bond donors (Lipinski definition) is 2. The molecule has 0 radical (unpaired) electrons. The highest BCUT2D eigenvalue weighted by Gasteiger charge is 2.29. The van der Waals surface area contributed by atoms with Crippen LogP contribution >= 0.6 is 0 Å². The van der Waals surface area contributed by atoms with Gasteiger partial charge in [0.2, 0.25) is 0 Å². The maximum Gasteiger partial charge on any atom is 0.336 e. The van der Waals surface area contributed by atoms with E-state index in [4.69, 9.17) is 4.74 Å². The number of nitrogens with zero attached hydrogens (tertiary/aromatic N) is 2. The number of hydrogen-bond acceptors (Lipinski definition) is 5. The molecule has 7 nitrogen and oxygen atoms in total. The van der Waals surface area contributed by atoms with Gasteiger partial charge in [-0.05, 0) is 55.6 Å². The lowest BCUT2D eigenvalue weighted by molar-refractivity contribution is 0.0699. The molecule has 1 fully saturated rings. The van der Waals surface area contributed by atoms with Crippen molar-refractivity contribution in [1.82, 2.24) is 14.9 Å². The lowest BCUT2D eigenvalue weighted by atomic mass is 9.91. The topological polar surface area (TPSA) is 95.5 Å². The van der Waals surface area contributed by atoms with E-state index in [2.05, 4.69) is 14.9 Å². The van der Waals surface area contributed by atoms with Crippen molar-refractivity contribution in [3.63, 3.8) is 0 Å². The highest BCUT2D eigenvalue weighted by molar-refractivity contribution is 6.03. The van der Waals surface area contributed by atoms with Gasteiger partial charge in [0.1, 0.15) is 5.75 Å². The summed E-state index contributed by atoms with van der Waals surface area (Å²) in [5, 5.41) is 11.0. The van der Waals surface area contributed by atoms with Crippen LogP contribution in [-0.2, 0) is 6.54 Å². The van der Waals surface area contributed by atoms with Crippen molar-refractivity contribution in [1.29, 1.82) is 0 Å². The molecule has 7 heteroatoms. The van der Waals surface area contributed by atoms with E-state index >= 15 is 0 Å². The highest BCUT2D eigenvalue weighted by atomic mass is 16.5. The van der Waals surface area contributed by atoms with Crippen LogP contribution < -0.4 is 10.2 Å². The van der Waals surface area contributed by atoms with Crippen LogP contribution in [0, 0.1) is 6.92 Å². The molecule has 0 spiro atoms. The van der Waals surface area contributed by atoms with E-state index in [1.165, 1.54) is 0 Å². The molecule has 0 aliphatic carbocycles. The fourth-order valence-electron chi connectivity index (χ4n) is 5.29. The van der Waals surface area contributed by atoms with Crippen LogP contribution in [0.5, 0.6) is 5.75 Å². The number of piperidine rings is 1. The number of aromatic nitrogens is 2. The van der Waals surface area contributed by atoms with E-state index in [0.29, 0.717) is 23.1 Å². The summed E-state index contributed by atoms with van der Waals surface area (Å²) in [6.45, 7) is 3.38. The zero-order valence-corrected chi connectivity index (χ0v) is 19.3. The Morgan fingerprint density at radius 2 is 2.12 bits per heavy atom. The van der Waals surface area contributed by atoms with Crippen molar-refractivity contribution in [3.8, 4) is 5.75 Å². The van der Waals surface area contributed by atoms with Crippen molar-refractivity contribution < 1.29 is 14.6 Å². The molecule has 2 aromatic heterocycles. The van der Waals surface area contributed by atoms with Crippen molar-refractivity contribution >= 4 is 27.8 Å². The average Bonchev–Trinajstić information content (AvgIpc) is 2.85. The number of carboxylic acids is 1. The first-order chi connectivity index (χ1) is 16.5. The van der Waals surface area contributed by atoms with Gasteiger partial charge in [-0.1, -0.05) is 18.6 Å². The van der Waals surface area contributed by atoms with E-state index in [-0.39, 0.29) is 17.0 Å². The lowest BCUT2D eigenvalue weighted by Gasteiger charge is -2.37. The second-order valence-electron chi connectivity index (χ2n) is 8.86. The maximum absolute atomic E-state index is 12.9. The molecule has 4 aromatic rings. The minimum absolute atomic E-state index is 0.0303. The average molecular weight is 458 g/mol. The van der Waals surface area contributed by atoms with Gasteiger partial charge in [0, 0.05) is 42.0 Å². The number of H-pyrrole nitrogens is 1. The minimum Gasteiger partial charge on any atom is -0.496 e. The van der Waals surface area contributed by atoms with Crippen molar-refractivity contribution in [2.45, 2.75) is 38.8 Å². The number of carboxylic acid groups (broad SMARTS) is 1. The number of aromatic amines is 1. The number of pyridine rings is 2. The third-order valence-electron chi connectivity index (χ3n) is 6.88. The molecular weight excluding hydrogens is 430 g/mol. The molecule has 3 heterocycles. The number of likely N-dealkylation sites (tertiary alicyclic amines) is 1. The number of ether oxygens (including phenoxy) is 1. The first kappa shape index (κ1) is 22.1. The van der Waals surface area contributed by atoms with Gasteiger partial charge in [0.25, 0.3) is 0 Å². The molecule has 1 atom stereocenters. The summed E-state index contributed by atoms with van der Waals surface area (Å²) in [4.78, 5) is 34.9. The Bertz CT molecular complexity index is 1460. The predicted octanol–water partition coefficient (Wildman–Crippen LogP) is 4.82. The molecule has 2 N–H and O–H groups in total. The number of nitrogens with one attached hydrogen (secondary N) is 1. The van der Waals surface area contributed by atoms with Gasteiger partial charge in [-0.2, -0.15) is 0 Å². The number of carbonyl (C=O) groups is 1. The Hall–Kier alpha value is -3.71. The Morgan fingerprint density at radius 3 is 2.91 bits per heavy atom. The van der Waals surface area contributed by atoms with E-state index in [1.54, 1.807) is 37.7 Å². The Balaban J connectivity index is 1.64. The Kier molecular flexibility index (Phi) is 5.79. The molecule has 1 saturated heterocycles. The Labute approximate surface area is 197 Å². The first-order valence-corrected chi connectivity index (χ1v) is 11.5. The third kappa shape index (κ3) is 3.72. The van der Waals surface area contributed by atoms with E-state index < -0.39 is 5.97 Å². The molecule has 174 valence electrons. The van der Waals surface area contributed by atoms with Gasteiger partial charge in [-0.3, -0.25) is 14.7 Å². The molecule has 5 rings (SSSR count). The summed E-state index contributed by atoms with van der Waals surface area (Å²) in [5.41, 5.74) is 4.63. The second-order valence-corrected chi connectivity index (χ2v) is 8.86. The molecule has 2 aromatic carbocycles. The fraction of sp³-hybridized carbons (Fsp3) is 0.296. The minimum atomic E-state index is -0.958. The van der Waals surface area contributed by atoms with Crippen LogP contribution in [0.3, 0.4) is 0 Å². The predicted molar refractivity (Wildman–Crippen MR) is 132 cm³/mol. The van der Waals surface area contributed by atoms with Gasteiger partial charge < -0.3 is 14.8 Å². The zero-order valence-electron chi connectivity index (χ0n) is 19.3. The van der Waals surface area contributed by atoms with Crippen LogP contribution in [0.15, 0.2) is 53.6 Å². The smallest absolute Gasteiger partial charge is 0.336 e. The highest BCUT2D eigenvalue weighted by Crippen LogP contribution is 2.38. The Morgan fingerprint density at radius 1 is 1.26 bits per heavy atom. The van der Waals surface area contributed by atoms with E-state index in [9.17, 15) is 14.7 Å². The largest absolute Gasteiger partial charge is 0.496 e. The van der Waals surface area contributed by atoms with Gasteiger partial charge in [-0.15, -0.1) is 0 Å². The maximum atomic E-state index is 12.9. The third-order valence-corrected chi connectivity index (χ3v) is 6.88. The zero-order chi connectivity index (χ0) is 23.8. The molecule has 1 unspecified atom stereocenters. The monoisotopic (exact) mass is 457 g/mol. The normalized spacial score (nSPS) is 16.7. The molecule has 1 aliphatic heterocycles. The summed E-state index contributed by atoms with van der Waals surface area (Å²) >= 11 is 0. The number of rotatable bonds is 5. The van der Waals surface area contributed by atoms with Crippen molar-refractivity contribution in [2.24, 2.45) is 0 Å². The molecule has 1 aliphatic rings. The number of aromatic carboxylic acids is 1. The quantitative estimate of drug-likeness (QED) is 0.446. The second kappa shape index (κ2) is 8.91. The standard InChI is InChI=1S/C27H27N3O4/c1-16-14-23(34-2)20(24-22(31)10-12-29-25(16)24)15-30-13-4-3-7-21(30)19-9-8-18(27(32)33)17-6-5-11-28-26(17)19/h5-6,8-12,14,21H,3-4,7,13,15H2,1-2H3,(H,29,31)(H,32,33). The summed E-state index contributed by atoms with van der Waals surface area (Å²) in [6, 6.07) is 10.8. The summed E-state index contributed by atoms with van der Waals surface area (Å²) in [7, 11) is 1.64. The lowest BCUT2D eigenvalue weighted by Crippen LogP contribution is -2.33. The summed E-state index contributed by atoms with van der Waals surface area (Å²) < 4.78 is 5.73. The number of fused-ring (bicyclic) bond motifs is 2. The molecule has 0 saturated carbocycles. The van der Waals surface area contributed by atoms with Crippen molar-refractivity contribution in [3.05, 3.63) is 81.3 Å². The number of aryl methyl sites for hydroxylation is 1. The van der Waals surface area contributed by atoms with Gasteiger partial charge in [-0.25, -0.2) is 4.79 Å². The van der Waals surface area contributed by atoms with E-state index in [0.717, 1.165) is 53.5 Å². The van der Waals surface area contributed by atoms with E-state index in [1.807, 2.05) is 25.1 Å². The van der Waals surface area contributed by atoms with Gasteiger partial charge in [0.15, 0.2) is 5.43 Å². The first-order valence-electron chi connectivity index (χ1n) is 11.5. The van der Waals surface area contributed by atoms with Gasteiger partial charge in [0.05, 0.1) is 29.1 Å². The number of benzene rings is 2. The van der Waals surface area contributed by atoms with Crippen LogP contribution in [0.25, 0.3) is 21.8 Å².